The molecule has 160 valence electrons. The normalized spacial score (nSPS) is 11.1. The molecule has 0 fully saturated rings. The van der Waals surface area contributed by atoms with Crippen LogP contribution in [0.5, 0.6) is 0 Å². The van der Waals surface area contributed by atoms with E-state index in [1.165, 1.54) is 17.3 Å². The van der Waals surface area contributed by atoms with Gasteiger partial charge in [-0.2, -0.15) is 5.10 Å². The number of thioether (sulfide) groups is 1. The monoisotopic (exact) mass is 441 g/mol. The highest BCUT2D eigenvalue weighted by atomic mass is 32.2. The van der Waals surface area contributed by atoms with Gasteiger partial charge in [0.25, 0.3) is 5.91 Å². The number of carbonyl (C=O) groups is 1. The fourth-order valence-electron chi connectivity index (χ4n) is 3.13. The van der Waals surface area contributed by atoms with Crippen molar-refractivity contribution in [2.24, 2.45) is 5.10 Å². The van der Waals surface area contributed by atoms with E-state index in [0.29, 0.717) is 5.16 Å². The van der Waals surface area contributed by atoms with Crippen LogP contribution in [0.1, 0.15) is 16.7 Å². The summed E-state index contributed by atoms with van der Waals surface area (Å²) in [5, 5.41) is 13.5. The number of hydrogen-bond acceptors (Lipinski definition) is 5. The fourth-order valence-corrected chi connectivity index (χ4v) is 3.88. The Labute approximate surface area is 191 Å². The summed E-state index contributed by atoms with van der Waals surface area (Å²) in [4.78, 5) is 12.4. The molecule has 3 aromatic carbocycles. The summed E-state index contributed by atoms with van der Waals surface area (Å²) >= 11 is 1.32. The van der Waals surface area contributed by atoms with Gasteiger partial charge in [-0.05, 0) is 37.1 Å². The highest BCUT2D eigenvalue weighted by Crippen LogP contribution is 2.28. The lowest BCUT2D eigenvalue weighted by molar-refractivity contribution is -0.118. The van der Waals surface area contributed by atoms with E-state index in [1.54, 1.807) is 6.21 Å². The van der Waals surface area contributed by atoms with Crippen molar-refractivity contribution in [3.05, 3.63) is 95.6 Å². The lowest BCUT2D eigenvalue weighted by Crippen LogP contribution is -2.20. The first-order valence-electron chi connectivity index (χ1n) is 10.2. The van der Waals surface area contributed by atoms with Crippen molar-refractivity contribution in [2.45, 2.75) is 19.0 Å². The highest BCUT2D eigenvalue weighted by Gasteiger charge is 2.17. The van der Waals surface area contributed by atoms with Crippen LogP contribution in [0, 0.1) is 13.8 Å². The van der Waals surface area contributed by atoms with E-state index >= 15 is 0 Å². The van der Waals surface area contributed by atoms with Gasteiger partial charge < -0.3 is 0 Å². The van der Waals surface area contributed by atoms with Gasteiger partial charge in [-0.15, -0.1) is 10.2 Å². The van der Waals surface area contributed by atoms with Crippen LogP contribution in [0.2, 0.25) is 0 Å². The highest BCUT2D eigenvalue weighted by molar-refractivity contribution is 7.99. The molecular weight excluding hydrogens is 418 g/mol. The van der Waals surface area contributed by atoms with Crippen LogP contribution in [0.3, 0.4) is 0 Å². The zero-order valence-electron chi connectivity index (χ0n) is 17.9. The number of carbonyl (C=O) groups excluding carboxylic acids is 1. The van der Waals surface area contributed by atoms with E-state index in [1.807, 2.05) is 97.3 Å². The molecule has 0 saturated carbocycles. The van der Waals surface area contributed by atoms with Crippen LogP contribution < -0.4 is 5.43 Å². The van der Waals surface area contributed by atoms with Gasteiger partial charge in [0.2, 0.25) is 0 Å². The summed E-state index contributed by atoms with van der Waals surface area (Å²) in [6, 6.07) is 25.9. The molecule has 6 nitrogen and oxygen atoms in total. The molecule has 4 rings (SSSR count). The van der Waals surface area contributed by atoms with E-state index in [0.717, 1.165) is 28.2 Å². The second-order valence-corrected chi connectivity index (χ2v) is 8.22. The molecule has 4 aromatic rings. The summed E-state index contributed by atoms with van der Waals surface area (Å²) in [7, 11) is 0. The Kier molecular flexibility index (Phi) is 6.77. The standard InChI is InChI=1S/C25H23N5OS/c1-18-12-14-22(15-13-18)30-24(20-9-4-3-5-10-20)28-29-25(30)32-17-23(31)27-26-16-21-11-7-6-8-19(21)2/h3-16H,17H2,1-2H3,(H,27,31)/b26-16-. The number of rotatable bonds is 7. The minimum Gasteiger partial charge on any atom is -0.272 e. The van der Waals surface area contributed by atoms with Gasteiger partial charge in [0.15, 0.2) is 11.0 Å². The van der Waals surface area contributed by atoms with Gasteiger partial charge in [-0.25, -0.2) is 5.43 Å². The van der Waals surface area contributed by atoms with Crippen molar-refractivity contribution in [1.29, 1.82) is 0 Å². The molecule has 0 aliphatic carbocycles. The number of aryl methyl sites for hydroxylation is 2. The molecule has 0 radical (unpaired) electrons. The Morgan fingerprint density at radius 2 is 1.69 bits per heavy atom. The molecule has 0 aliphatic rings. The van der Waals surface area contributed by atoms with Gasteiger partial charge >= 0.3 is 0 Å². The lowest BCUT2D eigenvalue weighted by atomic mass is 10.1. The minimum absolute atomic E-state index is 0.171. The third-order valence-electron chi connectivity index (χ3n) is 4.87. The number of amides is 1. The van der Waals surface area contributed by atoms with E-state index in [-0.39, 0.29) is 11.7 Å². The fraction of sp³-hybridized carbons (Fsp3) is 0.120. The van der Waals surface area contributed by atoms with Gasteiger partial charge in [-0.1, -0.05) is 84.1 Å². The van der Waals surface area contributed by atoms with Crippen molar-refractivity contribution in [3.8, 4) is 17.1 Å². The minimum atomic E-state index is -0.209. The first kappa shape index (κ1) is 21.5. The topological polar surface area (TPSA) is 72.2 Å². The summed E-state index contributed by atoms with van der Waals surface area (Å²) < 4.78 is 1.98. The van der Waals surface area contributed by atoms with E-state index in [4.69, 9.17) is 0 Å². The molecule has 0 unspecified atom stereocenters. The summed E-state index contributed by atoms with van der Waals surface area (Å²) in [5.74, 6) is 0.693. The Bertz CT molecular complexity index is 1230. The number of hydrazone groups is 1. The van der Waals surface area contributed by atoms with Crippen LogP contribution >= 0.6 is 11.8 Å². The predicted molar refractivity (Wildman–Crippen MR) is 129 cm³/mol. The first-order chi connectivity index (χ1) is 15.6. The van der Waals surface area contributed by atoms with Gasteiger partial charge in [0.05, 0.1) is 12.0 Å². The second-order valence-electron chi connectivity index (χ2n) is 7.28. The maximum Gasteiger partial charge on any atom is 0.250 e. The van der Waals surface area contributed by atoms with E-state index < -0.39 is 0 Å². The molecule has 32 heavy (non-hydrogen) atoms. The van der Waals surface area contributed by atoms with Crippen LogP contribution in [-0.2, 0) is 4.79 Å². The number of benzene rings is 3. The Morgan fingerprint density at radius 1 is 0.969 bits per heavy atom. The average Bonchev–Trinajstić information content (AvgIpc) is 3.24. The Hall–Kier alpha value is -3.71. The smallest absolute Gasteiger partial charge is 0.250 e. The number of nitrogens with one attached hydrogen (secondary N) is 1. The molecule has 0 spiro atoms. The maximum atomic E-state index is 12.4. The third-order valence-corrected chi connectivity index (χ3v) is 5.80. The molecule has 0 atom stereocenters. The van der Waals surface area contributed by atoms with Crippen molar-refractivity contribution >= 4 is 23.9 Å². The predicted octanol–water partition coefficient (Wildman–Crippen LogP) is 4.79. The van der Waals surface area contributed by atoms with Gasteiger partial charge in [0, 0.05) is 11.3 Å². The summed E-state index contributed by atoms with van der Waals surface area (Å²) in [6.07, 6.45) is 1.65. The quantitative estimate of drug-likeness (QED) is 0.254. The molecule has 1 heterocycles. The summed E-state index contributed by atoms with van der Waals surface area (Å²) in [6.45, 7) is 4.05. The molecule has 1 aromatic heterocycles. The third kappa shape index (κ3) is 5.12. The van der Waals surface area contributed by atoms with Crippen LogP contribution in [0.25, 0.3) is 17.1 Å². The molecule has 0 bridgehead atoms. The number of nitrogens with zero attached hydrogens (tertiary/aromatic N) is 4. The van der Waals surface area contributed by atoms with E-state index in [9.17, 15) is 4.79 Å². The zero-order valence-corrected chi connectivity index (χ0v) is 18.7. The molecule has 1 N–H and O–H groups in total. The Morgan fingerprint density at radius 3 is 2.44 bits per heavy atom. The number of hydrogen-bond donors (Lipinski definition) is 1. The van der Waals surface area contributed by atoms with Crippen molar-refractivity contribution in [3.63, 3.8) is 0 Å². The van der Waals surface area contributed by atoms with Gasteiger partial charge in [-0.3, -0.25) is 9.36 Å². The molecule has 0 aliphatic heterocycles. The Balaban J connectivity index is 1.51. The van der Waals surface area contributed by atoms with Gasteiger partial charge in [0.1, 0.15) is 0 Å². The van der Waals surface area contributed by atoms with Crippen molar-refractivity contribution in [1.82, 2.24) is 20.2 Å². The van der Waals surface area contributed by atoms with E-state index in [2.05, 4.69) is 20.7 Å². The zero-order chi connectivity index (χ0) is 22.3. The maximum absolute atomic E-state index is 12.4. The average molecular weight is 442 g/mol. The first-order valence-corrected chi connectivity index (χ1v) is 11.2. The van der Waals surface area contributed by atoms with Crippen LogP contribution in [0.15, 0.2) is 89.1 Å². The van der Waals surface area contributed by atoms with Crippen molar-refractivity contribution in [2.75, 3.05) is 5.75 Å². The SMILES string of the molecule is Cc1ccc(-n2c(SCC(=O)N/N=C\c3ccccc3C)nnc2-c2ccccc2)cc1. The lowest BCUT2D eigenvalue weighted by Gasteiger charge is -2.10. The van der Waals surface area contributed by atoms with Crippen LogP contribution in [-0.4, -0.2) is 32.6 Å². The largest absolute Gasteiger partial charge is 0.272 e. The van der Waals surface area contributed by atoms with Crippen LogP contribution in [0.4, 0.5) is 0 Å². The van der Waals surface area contributed by atoms with Crippen molar-refractivity contribution < 1.29 is 4.79 Å². The molecule has 0 saturated heterocycles. The summed E-state index contributed by atoms with van der Waals surface area (Å²) in [5.41, 5.74) is 7.72. The number of aromatic nitrogens is 3. The molecular formula is C25H23N5OS. The molecule has 1 amide bonds. The molecule has 7 heteroatoms. The second kappa shape index (κ2) is 10.1.